The maximum Gasteiger partial charge on any atom is 0.162 e. The van der Waals surface area contributed by atoms with Crippen LogP contribution in [0.15, 0.2) is 11.8 Å². The average molecular weight is 325 g/mol. The van der Waals surface area contributed by atoms with Crippen LogP contribution < -0.4 is 0 Å². The molecule has 23 heavy (non-hydrogen) atoms. The molecule has 0 aliphatic heterocycles. The van der Waals surface area contributed by atoms with Crippen molar-refractivity contribution in [2.24, 2.45) is 35.5 Å². The van der Waals surface area contributed by atoms with E-state index in [4.69, 9.17) is 0 Å². The van der Waals surface area contributed by atoms with Gasteiger partial charge >= 0.3 is 0 Å². The Balaban J connectivity index is 5.12. The topological polar surface area (TPSA) is 37.3 Å². The molecule has 0 fully saturated rings. The largest absolute Gasteiger partial charge is 0.512 e. The number of hydrogen-bond donors (Lipinski definition) is 1. The third kappa shape index (κ3) is 10.6. The van der Waals surface area contributed by atoms with Gasteiger partial charge in [-0.2, -0.15) is 0 Å². The minimum Gasteiger partial charge on any atom is -0.512 e. The second-order valence-electron chi connectivity index (χ2n) is 8.88. The van der Waals surface area contributed by atoms with E-state index in [-0.39, 0.29) is 17.6 Å². The van der Waals surface area contributed by atoms with Gasteiger partial charge in [-0.25, -0.2) is 0 Å². The lowest BCUT2D eigenvalue weighted by Gasteiger charge is -2.22. The van der Waals surface area contributed by atoms with Crippen LogP contribution in [0.25, 0.3) is 0 Å². The van der Waals surface area contributed by atoms with Gasteiger partial charge in [0.1, 0.15) is 0 Å². The fourth-order valence-electron chi connectivity index (χ4n) is 3.32. The van der Waals surface area contributed by atoms with Crippen LogP contribution in [0.4, 0.5) is 0 Å². The zero-order valence-electron chi connectivity index (χ0n) is 16.7. The maximum atomic E-state index is 12.7. The van der Waals surface area contributed by atoms with E-state index in [0.29, 0.717) is 29.4 Å². The molecule has 0 saturated carbocycles. The summed E-state index contributed by atoms with van der Waals surface area (Å²) in [5.41, 5.74) is 0. The lowest BCUT2D eigenvalue weighted by Crippen LogP contribution is -2.19. The van der Waals surface area contributed by atoms with E-state index < -0.39 is 0 Å². The van der Waals surface area contributed by atoms with Crippen molar-refractivity contribution >= 4 is 5.78 Å². The fraction of sp³-hybridized carbons (Fsp3) is 0.857. The molecule has 0 aliphatic carbocycles. The summed E-state index contributed by atoms with van der Waals surface area (Å²) in [7, 11) is 0. The highest BCUT2D eigenvalue weighted by atomic mass is 16.3. The first-order chi connectivity index (χ1) is 10.5. The van der Waals surface area contributed by atoms with Crippen LogP contribution in [0, 0.1) is 35.5 Å². The van der Waals surface area contributed by atoms with E-state index in [9.17, 15) is 9.90 Å². The number of rotatable bonds is 11. The standard InChI is InChI=1S/C21H40O2/c1-14(2)9-18(10-15(3)4)20(22)13-21(23)19(11-16(5)6)12-17(7)8/h13-19,22H,9-12H2,1-8H3/b20-13-. The van der Waals surface area contributed by atoms with Gasteiger partial charge in [0, 0.05) is 17.9 Å². The summed E-state index contributed by atoms with van der Waals surface area (Å²) in [6, 6.07) is 0. The van der Waals surface area contributed by atoms with Crippen LogP contribution in [0.5, 0.6) is 0 Å². The number of allylic oxidation sites excluding steroid dienone is 2. The summed E-state index contributed by atoms with van der Waals surface area (Å²) in [4.78, 5) is 12.7. The SMILES string of the molecule is CC(C)CC(CC(C)C)C(=O)/C=C(\O)C(CC(C)C)CC(C)C. The van der Waals surface area contributed by atoms with Gasteiger partial charge < -0.3 is 5.11 Å². The second-order valence-corrected chi connectivity index (χ2v) is 8.88. The van der Waals surface area contributed by atoms with Crippen LogP contribution >= 0.6 is 0 Å². The molecule has 2 nitrogen and oxygen atoms in total. The molecule has 0 rings (SSSR count). The summed E-state index contributed by atoms with van der Waals surface area (Å²) in [5.74, 6) is 2.60. The van der Waals surface area contributed by atoms with E-state index in [0.717, 1.165) is 25.7 Å². The minimum absolute atomic E-state index is 0.0379. The van der Waals surface area contributed by atoms with Gasteiger partial charge in [-0.15, -0.1) is 0 Å². The Bertz CT molecular complexity index is 344. The average Bonchev–Trinajstić information content (AvgIpc) is 2.34. The van der Waals surface area contributed by atoms with Gasteiger partial charge in [-0.05, 0) is 49.4 Å². The second kappa shape index (κ2) is 10.9. The molecule has 0 saturated heterocycles. The molecule has 0 aliphatic rings. The Kier molecular flexibility index (Phi) is 10.5. The molecule has 136 valence electrons. The molecule has 1 N–H and O–H groups in total. The molecule has 0 unspecified atom stereocenters. The van der Waals surface area contributed by atoms with Crippen molar-refractivity contribution in [3.8, 4) is 0 Å². The van der Waals surface area contributed by atoms with Crippen molar-refractivity contribution in [2.75, 3.05) is 0 Å². The van der Waals surface area contributed by atoms with Gasteiger partial charge in [-0.1, -0.05) is 55.4 Å². The number of carbonyl (C=O) groups is 1. The van der Waals surface area contributed by atoms with Crippen molar-refractivity contribution in [3.63, 3.8) is 0 Å². The third-order valence-electron chi connectivity index (χ3n) is 4.13. The van der Waals surface area contributed by atoms with Crippen LogP contribution in [0.1, 0.15) is 81.1 Å². The summed E-state index contributed by atoms with van der Waals surface area (Å²) < 4.78 is 0. The first-order valence-corrected chi connectivity index (χ1v) is 9.47. The summed E-state index contributed by atoms with van der Waals surface area (Å²) in [5, 5.41) is 10.5. The zero-order valence-corrected chi connectivity index (χ0v) is 16.7. The molecule has 0 heterocycles. The summed E-state index contributed by atoms with van der Waals surface area (Å²) in [6.45, 7) is 17.3. The molecule has 0 aromatic carbocycles. The van der Waals surface area contributed by atoms with Gasteiger partial charge in [0.25, 0.3) is 0 Å². The molecular formula is C21H40O2. The molecule has 0 radical (unpaired) electrons. The number of aliphatic hydroxyl groups is 1. The van der Waals surface area contributed by atoms with Crippen molar-refractivity contribution < 1.29 is 9.90 Å². The molecular weight excluding hydrogens is 284 g/mol. The Morgan fingerprint density at radius 3 is 1.30 bits per heavy atom. The van der Waals surface area contributed by atoms with Gasteiger partial charge in [-0.3, -0.25) is 4.79 Å². The monoisotopic (exact) mass is 324 g/mol. The summed E-state index contributed by atoms with van der Waals surface area (Å²) in [6.07, 6.45) is 5.23. The molecule has 0 spiro atoms. The predicted molar refractivity (Wildman–Crippen MR) is 101 cm³/mol. The Hall–Kier alpha value is -0.790. The van der Waals surface area contributed by atoms with E-state index in [1.165, 1.54) is 0 Å². The van der Waals surface area contributed by atoms with Gasteiger partial charge in [0.15, 0.2) is 5.78 Å². The van der Waals surface area contributed by atoms with Crippen LogP contribution in [-0.4, -0.2) is 10.9 Å². The molecule has 2 heteroatoms. The summed E-state index contributed by atoms with van der Waals surface area (Å²) >= 11 is 0. The van der Waals surface area contributed by atoms with Crippen molar-refractivity contribution in [3.05, 3.63) is 11.8 Å². The van der Waals surface area contributed by atoms with Crippen molar-refractivity contribution in [2.45, 2.75) is 81.1 Å². The number of aliphatic hydroxyl groups excluding tert-OH is 1. The lowest BCUT2D eigenvalue weighted by molar-refractivity contribution is -0.119. The normalized spacial score (nSPS) is 13.4. The fourth-order valence-corrected chi connectivity index (χ4v) is 3.32. The zero-order chi connectivity index (χ0) is 18.2. The Labute approximate surface area is 144 Å². The molecule has 0 amide bonds. The smallest absolute Gasteiger partial charge is 0.162 e. The van der Waals surface area contributed by atoms with Gasteiger partial charge in [0.05, 0.1) is 5.76 Å². The first kappa shape index (κ1) is 22.2. The van der Waals surface area contributed by atoms with E-state index in [1.54, 1.807) is 6.08 Å². The van der Waals surface area contributed by atoms with E-state index in [2.05, 4.69) is 55.4 Å². The molecule has 0 atom stereocenters. The lowest BCUT2D eigenvalue weighted by atomic mass is 9.84. The minimum atomic E-state index is 0.0379. The van der Waals surface area contributed by atoms with Crippen molar-refractivity contribution in [1.29, 1.82) is 0 Å². The number of hydrogen-bond acceptors (Lipinski definition) is 2. The van der Waals surface area contributed by atoms with E-state index in [1.807, 2.05) is 0 Å². The highest BCUT2D eigenvalue weighted by Crippen LogP contribution is 2.27. The molecule has 0 aromatic heterocycles. The Morgan fingerprint density at radius 1 is 0.696 bits per heavy atom. The van der Waals surface area contributed by atoms with E-state index >= 15 is 0 Å². The highest BCUT2D eigenvalue weighted by molar-refractivity contribution is 5.92. The molecule has 0 bridgehead atoms. The van der Waals surface area contributed by atoms with Gasteiger partial charge in [0.2, 0.25) is 0 Å². The van der Waals surface area contributed by atoms with Crippen LogP contribution in [0.3, 0.4) is 0 Å². The maximum absolute atomic E-state index is 12.7. The Morgan fingerprint density at radius 2 is 1.00 bits per heavy atom. The van der Waals surface area contributed by atoms with Crippen LogP contribution in [0.2, 0.25) is 0 Å². The van der Waals surface area contributed by atoms with Crippen molar-refractivity contribution in [1.82, 2.24) is 0 Å². The molecule has 0 aromatic rings. The third-order valence-corrected chi connectivity index (χ3v) is 4.13. The number of ketones is 1. The first-order valence-electron chi connectivity index (χ1n) is 9.47. The van der Waals surface area contributed by atoms with Crippen LogP contribution in [-0.2, 0) is 4.79 Å². The predicted octanol–water partition coefficient (Wildman–Crippen LogP) is 6.41. The number of carbonyl (C=O) groups excluding carboxylic acids is 1. The highest BCUT2D eigenvalue weighted by Gasteiger charge is 2.23. The quantitative estimate of drug-likeness (QED) is 0.352.